The molecule has 0 amide bonds. The Morgan fingerprint density at radius 2 is 2.00 bits per heavy atom. The molecule has 0 saturated heterocycles. The number of nitrogens with zero attached hydrogens (tertiary/aromatic N) is 1. The first-order chi connectivity index (χ1) is 7.18. The van der Waals surface area contributed by atoms with Crippen LogP contribution in [0.25, 0.3) is 11.1 Å². The van der Waals surface area contributed by atoms with Gasteiger partial charge in [-0.1, -0.05) is 17.7 Å². The SMILES string of the molecule is Cc1cc(Cl)ccc1-c1ccncc1N. The standard InChI is InChI=1S/C12H11ClN2/c1-8-6-9(13)2-3-10(8)11-4-5-15-7-12(11)14/h2-7H,14H2,1H3. The third-order valence-electron chi connectivity index (χ3n) is 2.33. The monoisotopic (exact) mass is 218 g/mol. The molecule has 0 atom stereocenters. The van der Waals surface area contributed by atoms with Gasteiger partial charge in [-0.3, -0.25) is 4.98 Å². The molecular formula is C12H11ClN2. The summed E-state index contributed by atoms with van der Waals surface area (Å²) in [5, 5.41) is 0.740. The Kier molecular flexibility index (Phi) is 2.60. The second-order valence-corrected chi connectivity index (χ2v) is 3.86. The molecular weight excluding hydrogens is 208 g/mol. The summed E-state index contributed by atoms with van der Waals surface area (Å²) in [4.78, 5) is 3.97. The van der Waals surface area contributed by atoms with E-state index in [0.717, 1.165) is 21.7 Å². The smallest absolute Gasteiger partial charge is 0.0580 e. The number of hydrogen-bond acceptors (Lipinski definition) is 2. The lowest BCUT2D eigenvalue weighted by Crippen LogP contribution is -1.92. The summed E-state index contributed by atoms with van der Waals surface area (Å²) < 4.78 is 0. The van der Waals surface area contributed by atoms with Crippen molar-refractivity contribution < 1.29 is 0 Å². The molecule has 1 aromatic heterocycles. The Bertz CT molecular complexity index is 495. The maximum atomic E-state index is 5.90. The quantitative estimate of drug-likeness (QED) is 0.798. The molecule has 3 heteroatoms. The number of benzene rings is 1. The van der Waals surface area contributed by atoms with E-state index < -0.39 is 0 Å². The highest BCUT2D eigenvalue weighted by Gasteiger charge is 2.05. The molecule has 1 heterocycles. The molecule has 0 unspecified atom stereocenters. The van der Waals surface area contributed by atoms with Crippen LogP contribution in [0.3, 0.4) is 0 Å². The first kappa shape index (κ1) is 9.99. The van der Waals surface area contributed by atoms with Crippen LogP contribution < -0.4 is 5.73 Å². The third-order valence-corrected chi connectivity index (χ3v) is 2.57. The number of hydrogen-bond donors (Lipinski definition) is 1. The zero-order valence-electron chi connectivity index (χ0n) is 8.37. The van der Waals surface area contributed by atoms with Crippen molar-refractivity contribution in [3.63, 3.8) is 0 Å². The number of aryl methyl sites for hydroxylation is 1. The molecule has 2 rings (SSSR count). The number of pyridine rings is 1. The van der Waals surface area contributed by atoms with Gasteiger partial charge in [-0.15, -0.1) is 0 Å². The summed E-state index contributed by atoms with van der Waals surface area (Å²) in [5.41, 5.74) is 9.75. The fourth-order valence-corrected chi connectivity index (χ4v) is 1.81. The highest BCUT2D eigenvalue weighted by atomic mass is 35.5. The summed E-state index contributed by atoms with van der Waals surface area (Å²) >= 11 is 5.90. The molecule has 2 nitrogen and oxygen atoms in total. The average Bonchev–Trinajstić information content (AvgIpc) is 2.20. The molecule has 2 N–H and O–H groups in total. The van der Waals surface area contributed by atoms with Crippen molar-refractivity contribution in [3.05, 3.63) is 47.2 Å². The lowest BCUT2D eigenvalue weighted by molar-refractivity contribution is 1.33. The highest BCUT2D eigenvalue weighted by molar-refractivity contribution is 6.30. The van der Waals surface area contributed by atoms with E-state index in [1.807, 2.05) is 31.2 Å². The van der Waals surface area contributed by atoms with Crippen molar-refractivity contribution in [2.45, 2.75) is 6.92 Å². The van der Waals surface area contributed by atoms with Crippen LogP contribution >= 0.6 is 11.6 Å². The maximum Gasteiger partial charge on any atom is 0.0580 e. The first-order valence-electron chi connectivity index (χ1n) is 4.64. The van der Waals surface area contributed by atoms with Gasteiger partial charge in [0.15, 0.2) is 0 Å². The molecule has 0 saturated carbocycles. The molecule has 76 valence electrons. The van der Waals surface area contributed by atoms with Crippen molar-refractivity contribution in [2.75, 3.05) is 5.73 Å². The number of nitrogens with two attached hydrogens (primary N) is 1. The van der Waals surface area contributed by atoms with Gasteiger partial charge in [-0.2, -0.15) is 0 Å². The van der Waals surface area contributed by atoms with Gasteiger partial charge in [0.2, 0.25) is 0 Å². The highest BCUT2D eigenvalue weighted by Crippen LogP contribution is 2.29. The maximum absolute atomic E-state index is 5.90. The predicted octanol–water partition coefficient (Wildman–Crippen LogP) is 3.29. The van der Waals surface area contributed by atoms with Gasteiger partial charge in [-0.25, -0.2) is 0 Å². The second kappa shape index (κ2) is 3.91. The van der Waals surface area contributed by atoms with E-state index in [1.165, 1.54) is 0 Å². The number of halogens is 1. The Morgan fingerprint density at radius 3 is 2.67 bits per heavy atom. The van der Waals surface area contributed by atoms with Crippen LogP contribution in [-0.2, 0) is 0 Å². The zero-order valence-corrected chi connectivity index (χ0v) is 9.12. The molecule has 0 aliphatic carbocycles. The van der Waals surface area contributed by atoms with Crippen LogP contribution in [-0.4, -0.2) is 4.98 Å². The van der Waals surface area contributed by atoms with Crippen LogP contribution in [0.15, 0.2) is 36.7 Å². The van der Waals surface area contributed by atoms with Crippen LogP contribution in [0, 0.1) is 6.92 Å². The Hall–Kier alpha value is -1.54. The van der Waals surface area contributed by atoms with E-state index >= 15 is 0 Å². The fourth-order valence-electron chi connectivity index (χ4n) is 1.58. The largest absolute Gasteiger partial charge is 0.397 e. The van der Waals surface area contributed by atoms with Gasteiger partial charge in [-0.05, 0) is 36.2 Å². The van der Waals surface area contributed by atoms with E-state index in [-0.39, 0.29) is 0 Å². The van der Waals surface area contributed by atoms with Crippen LogP contribution in [0.1, 0.15) is 5.56 Å². The number of aromatic nitrogens is 1. The second-order valence-electron chi connectivity index (χ2n) is 3.42. The Labute approximate surface area is 93.7 Å². The van der Waals surface area contributed by atoms with Crippen molar-refractivity contribution in [2.24, 2.45) is 0 Å². The zero-order chi connectivity index (χ0) is 10.8. The molecule has 0 spiro atoms. The van der Waals surface area contributed by atoms with Crippen LogP contribution in [0.5, 0.6) is 0 Å². The molecule has 0 aliphatic heterocycles. The third kappa shape index (κ3) is 1.95. The molecule has 0 radical (unpaired) electrons. The molecule has 0 fully saturated rings. The van der Waals surface area contributed by atoms with Crippen molar-refractivity contribution >= 4 is 17.3 Å². The minimum Gasteiger partial charge on any atom is -0.397 e. The molecule has 0 bridgehead atoms. The minimum absolute atomic E-state index is 0.683. The van der Waals surface area contributed by atoms with E-state index in [2.05, 4.69) is 4.98 Å². The molecule has 15 heavy (non-hydrogen) atoms. The van der Waals surface area contributed by atoms with E-state index in [0.29, 0.717) is 5.69 Å². The number of rotatable bonds is 1. The van der Waals surface area contributed by atoms with Crippen molar-refractivity contribution in [3.8, 4) is 11.1 Å². The van der Waals surface area contributed by atoms with E-state index in [9.17, 15) is 0 Å². The van der Waals surface area contributed by atoms with Gasteiger partial charge in [0.1, 0.15) is 0 Å². The Balaban J connectivity index is 2.60. The molecule has 1 aromatic carbocycles. The average molecular weight is 219 g/mol. The van der Waals surface area contributed by atoms with Gasteiger partial charge >= 0.3 is 0 Å². The lowest BCUT2D eigenvalue weighted by atomic mass is 10.0. The summed E-state index contributed by atoms with van der Waals surface area (Å²) in [6.07, 6.45) is 3.39. The van der Waals surface area contributed by atoms with Crippen molar-refractivity contribution in [1.29, 1.82) is 0 Å². The van der Waals surface area contributed by atoms with E-state index in [1.54, 1.807) is 12.4 Å². The Morgan fingerprint density at radius 1 is 1.20 bits per heavy atom. The minimum atomic E-state index is 0.683. The van der Waals surface area contributed by atoms with Crippen molar-refractivity contribution in [1.82, 2.24) is 4.98 Å². The summed E-state index contributed by atoms with van der Waals surface area (Å²) in [6, 6.07) is 7.68. The number of anilines is 1. The summed E-state index contributed by atoms with van der Waals surface area (Å²) in [7, 11) is 0. The normalized spacial score (nSPS) is 10.3. The predicted molar refractivity (Wildman–Crippen MR) is 63.8 cm³/mol. The number of nitrogen functional groups attached to an aromatic ring is 1. The summed E-state index contributed by atoms with van der Waals surface area (Å²) in [5.74, 6) is 0. The van der Waals surface area contributed by atoms with Gasteiger partial charge < -0.3 is 5.73 Å². The lowest BCUT2D eigenvalue weighted by Gasteiger charge is -2.08. The van der Waals surface area contributed by atoms with Gasteiger partial charge in [0, 0.05) is 16.8 Å². The van der Waals surface area contributed by atoms with E-state index in [4.69, 9.17) is 17.3 Å². The fraction of sp³-hybridized carbons (Fsp3) is 0.0833. The molecule has 2 aromatic rings. The van der Waals surface area contributed by atoms with Gasteiger partial charge in [0.05, 0.1) is 11.9 Å². The van der Waals surface area contributed by atoms with Gasteiger partial charge in [0.25, 0.3) is 0 Å². The molecule has 0 aliphatic rings. The van der Waals surface area contributed by atoms with Crippen LogP contribution in [0.2, 0.25) is 5.02 Å². The first-order valence-corrected chi connectivity index (χ1v) is 5.02. The topological polar surface area (TPSA) is 38.9 Å². The van der Waals surface area contributed by atoms with Crippen LogP contribution in [0.4, 0.5) is 5.69 Å². The summed E-state index contributed by atoms with van der Waals surface area (Å²) in [6.45, 7) is 2.01.